The second-order valence-corrected chi connectivity index (χ2v) is 0. The van der Waals surface area contributed by atoms with Crippen LogP contribution < -0.4 is 0 Å². The third-order valence-electron chi connectivity index (χ3n) is 0. The second kappa shape index (κ2) is 1630. The van der Waals surface area contributed by atoms with Gasteiger partial charge in [-0.1, -0.05) is 0 Å². The molecule has 56 valence electrons. The molecule has 7 nitrogen and oxygen atoms in total. The Morgan fingerprint density at radius 2 is 0.375 bits per heavy atom. The van der Waals surface area contributed by atoms with E-state index in [-0.39, 0.29) is 60.1 Å². The normalized spacial score (nSPS) is 0. The van der Waals surface area contributed by atoms with E-state index in [0.717, 1.165) is 0 Å². The van der Waals surface area contributed by atoms with Gasteiger partial charge in [-0.15, -0.1) is 0 Å². The summed E-state index contributed by atoms with van der Waals surface area (Å²) < 4.78 is 0. The van der Waals surface area contributed by atoms with E-state index >= 15 is 0 Å². The van der Waals surface area contributed by atoms with Crippen LogP contribution in [0.5, 0.6) is 0 Å². The molecule has 0 bridgehead atoms. The summed E-state index contributed by atoms with van der Waals surface area (Å²) in [7, 11) is 0. The molecule has 0 aliphatic heterocycles. The summed E-state index contributed by atoms with van der Waals surface area (Å²) in [6.07, 6.45) is 0. The summed E-state index contributed by atoms with van der Waals surface area (Å²) in [6.45, 7) is 0. The third-order valence-corrected chi connectivity index (χ3v) is 0. The Balaban J connectivity index is 0. The summed E-state index contributed by atoms with van der Waals surface area (Å²) in [5.74, 6) is 0. The van der Waals surface area contributed by atoms with Gasteiger partial charge in [-0.25, -0.2) is 0 Å². The molecule has 0 fully saturated rings. The van der Waals surface area contributed by atoms with Crippen LogP contribution in [0.25, 0.3) is 0 Å². The van der Waals surface area contributed by atoms with Crippen molar-refractivity contribution in [3.63, 3.8) is 0 Å². The van der Waals surface area contributed by atoms with Crippen LogP contribution >= 0.6 is 0 Å². The van der Waals surface area contributed by atoms with Crippen LogP contribution in [0.2, 0.25) is 0 Å². The van der Waals surface area contributed by atoms with Gasteiger partial charge in [-0.05, 0) is 0 Å². The van der Waals surface area contributed by atoms with Crippen molar-refractivity contribution >= 4 is 0 Å². The predicted molar refractivity (Wildman–Crippen MR) is 17.9 cm³/mol. The molecular formula is H10O7Ti. The van der Waals surface area contributed by atoms with Gasteiger partial charge < -0.3 is 38.3 Å². The van der Waals surface area contributed by atoms with Gasteiger partial charge in [0.05, 0.1) is 0 Å². The Bertz CT molecular complexity index is 4.35. The minimum absolute atomic E-state index is 0. The maximum Gasteiger partial charge on any atom is 4.00 e. The first-order valence-electron chi connectivity index (χ1n) is 0. The average Bonchev–Trinajstić information content (AvgIpc) is 0. The molecule has 0 heterocycles. The minimum atomic E-state index is 0. The summed E-state index contributed by atoms with van der Waals surface area (Å²) in [5.41, 5.74) is 0. The van der Waals surface area contributed by atoms with Gasteiger partial charge in [0.1, 0.15) is 0 Å². The van der Waals surface area contributed by atoms with Crippen LogP contribution in [0.3, 0.4) is 0 Å². The molecule has 0 atom stereocenters. The van der Waals surface area contributed by atoms with E-state index in [0.29, 0.717) is 0 Å². The largest absolute Gasteiger partial charge is 4.00 e. The molecule has 0 rings (SSSR count). The van der Waals surface area contributed by atoms with Crippen LogP contribution in [0.1, 0.15) is 0 Å². The molecule has 0 aromatic carbocycles. The van der Waals surface area contributed by atoms with Crippen LogP contribution in [0, 0.1) is 0 Å². The van der Waals surface area contributed by atoms with Gasteiger partial charge in [0.2, 0.25) is 0 Å². The number of hydrogen-bond donors (Lipinski definition) is 0. The Morgan fingerprint density at radius 1 is 0.375 bits per heavy atom. The van der Waals surface area contributed by atoms with Crippen LogP contribution in [-0.2, 0) is 27.2 Å². The average molecular weight is 170 g/mol. The fourth-order valence-electron chi connectivity index (χ4n) is 0. The Kier molecular flexibility index (Phi) is 504000. The fourth-order valence-corrected chi connectivity index (χ4v) is 0. The zero-order valence-corrected chi connectivity index (χ0v) is 5.45. The van der Waals surface area contributed by atoms with Crippen molar-refractivity contribution < 1.29 is 60.1 Å². The molecule has 0 aliphatic rings. The van der Waals surface area contributed by atoms with E-state index in [2.05, 4.69) is 0 Å². The molecule has 0 spiro atoms. The van der Waals surface area contributed by atoms with Crippen molar-refractivity contribution in [3.05, 3.63) is 0 Å². The molecule has 0 saturated heterocycles. The van der Waals surface area contributed by atoms with Crippen molar-refractivity contribution in [1.29, 1.82) is 0 Å². The van der Waals surface area contributed by atoms with Gasteiger partial charge in [0.25, 0.3) is 0 Å². The van der Waals surface area contributed by atoms with Crippen molar-refractivity contribution in [3.8, 4) is 0 Å². The first kappa shape index (κ1) is 2470. The standard InChI is InChI=1S/H4O.6H2O.Ti/h1H4;6*1H2;/q+2;;;;;;;+4/p-6. The summed E-state index contributed by atoms with van der Waals surface area (Å²) in [4.78, 5) is 0. The van der Waals surface area contributed by atoms with E-state index in [1.807, 2.05) is 0 Å². The second-order valence-electron chi connectivity index (χ2n) is 0. The van der Waals surface area contributed by atoms with Crippen molar-refractivity contribution in [2.24, 2.45) is 0 Å². The molecule has 0 aromatic rings. The third kappa shape index (κ3) is 1010. The maximum absolute atomic E-state index is 0. The van der Waals surface area contributed by atoms with Crippen molar-refractivity contribution in [2.45, 2.75) is 0 Å². The predicted octanol–water partition coefficient (Wildman–Crippen LogP) is -2.25. The van der Waals surface area contributed by atoms with Gasteiger partial charge in [0.15, 0.2) is 0 Å². The smallest absolute Gasteiger partial charge is 0.873 e. The summed E-state index contributed by atoms with van der Waals surface area (Å²) >= 11 is 0. The minimum Gasteiger partial charge on any atom is -0.873 e. The Hall–Kier alpha value is 0.434. The molecule has 0 amide bonds. The molecule has 0 saturated carbocycles. The van der Waals surface area contributed by atoms with E-state index in [1.165, 1.54) is 0 Å². The molecule has 0 radical (unpaired) electrons. The molecule has 8 heavy (non-hydrogen) atoms. The Morgan fingerprint density at radius 3 is 0.375 bits per heavy atom. The van der Waals surface area contributed by atoms with Crippen molar-refractivity contribution in [2.75, 3.05) is 0 Å². The molecule has 0 aromatic heterocycles. The number of hydrogen-bond acceptors (Lipinski definition) is 6. The van der Waals surface area contributed by atoms with E-state index in [9.17, 15) is 0 Å². The van der Waals surface area contributed by atoms with Gasteiger partial charge in [-0.3, -0.25) is 0 Å². The van der Waals surface area contributed by atoms with Gasteiger partial charge >= 0.3 is 21.7 Å². The first-order chi connectivity index (χ1) is 0. The first-order valence-corrected chi connectivity index (χ1v) is 0. The molecule has 8 heteroatoms. The van der Waals surface area contributed by atoms with E-state index < -0.39 is 0 Å². The fraction of sp³-hybridized carbons (Fsp3) is 0. The zero-order valence-electron chi connectivity index (χ0n) is 3.89. The van der Waals surface area contributed by atoms with E-state index in [1.54, 1.807) is 0 Å². The Labute approximate surface area is 60.7 Å². The van der Waals surface area contributed by atoms with Crippen LogP contribution in [0.4, 0.5) is 0 Å². The summed E-state index contributed by atoms with van der Waals surface area (Å²) in [5, 5.41) is 0. The van der Waals surface area contributed by atoms with Gasteiger partial charge in [0, 0.05) is 0 Å². The van der Waals surface area contributed by atoms with Crippen LogP contribution in [-0.4, -0.2) is 32.9 Å². The van der Waals surface area contributed by atoms with Crippen LogP contribution in [0.15, 0.2) is 0 Å². The van der Waals surface area contributed by atoms with Crippen molar-refractivity contribution in [1.82, 2.24) is 0 Å². The summed E-state index contributed by atoms with van der Waals surface area (Å²) in [6, 6.07) is 0. The number of rotatable bonds is 0. The zero-order chi connectivity index (χ0) is 0. The quantitative estimate of drug-likeness (QED) is 0.365. The molecule has 0 unspecified atom stereocenters. The molecule has 10 N–H and O–H groups in total. The SMILES string of the molecule is [OH-].[OH-].[OH-].[OH-].[OH-].[OH-].[OH4+2].[Ti+4]. The molecular weight excluding hydrogens is 160 g/mol. The monoisotopic (exact) mass is 170 g/mol. The topological polar surface area (TPSA) is 214 Å². The van der Waals surface area contributed by atoms with E-state index in [4.69, 9.17) is 0 Å². The maximum atomic E-state index is 0. The molecule has 0 aliphatic carbocycles. The van der Waals surface area contributed by atoms with Gasteiger partial charge in [-0.2, -0.15) is 0 Å².